The predicted octanol–water partition coefficient (Wildman–Crippen LogP) is 5.65. The highest BCUT2D eigenvalue weighted by atomic mass is 35.5. The zero-order chi connectivity index (χ0) is 18.8. The van der Waals surface area contributed by atoms with Crippen LogP contribution in [-0.4, -0.2) is 28.5 Å². The highest BCUT2D eigenvalue weighted by Crippen LogP contribution is 2.39. The summed E-state index contributed by atoms with van der Waals surface area (Å²) in [5.41, 5.74) is 2.43. The Labute approximate surface area is 172 Å². The van der Waals surface area contributed by atoms with Gasteiger partial charge in [-0.15, -0.1) is 17.9 Å². The van der Waals surface area contributed by atoms with Gasteiger partial charge in [0.25, 0.3) is 0 Å². The van der Waals surface area contributed by atoms with Crippen molar-refractivity contribution in [1.29, 1.82) is 0 Å². The third kappa shape index (κ3) is 3.98. The van der Waals surface area contributed by atoms with Crippen molar-refractivity contribution in [3.8, 4) is 0 Å². The molecule has 0 amide bonds. The Kier molecular flexibility index (Phi) is 5.38. The highest BCUT2D eigenvalue weighted by molar-refractivity contribution is 7.98. The topological polar surface area (TPSA) is 41.1 Å². The first-order valence-electron chi connectivity index (χ1n) is 8.58. The Hall–Kier alpha value is -2.02. The summed E-state index contributed by atoms with van der Waals surface area (Å²) >= 11 is 9.35. The molecule has 0 saturated carbocycles. The number of aromatic nitrogens is 2. The van der Waals surface area contributed by atoms with Gasteiger partial charge in [-0.05, 0) is 30.0 Å². The molecule has 1 N–H and O–H groups in total. The summed E-state index contributed by atoms with van der Waals surface area (Å²) in [6.45, 7) is 5.38. The molecule has 3 aromatic rings. The number of halogens is 1. The number of anilines is 1. The SMILES string of the molecule is C=CCNc1nc(SCc2ccc(Cl)cc2)nc2sc3c(c12)C=CN(C)C3. The van der Waals surface area contributed by atoms with E-state index in [9.17, 15) is 0 Å². The van der Waals surface area contributed by atoms with E-state index in [2.05, 4.69) is 36.1 Å². The lowest BCUT2D eigenvalue weighted by Gasteiger charge is -2.17. The molecular weight excluding hydrogens is 396 g/mol. The molecule has 1 aliphatic rings. The molecule has 1 aromatic carbocycles. The molecule has 1 aliphatic heterocycles. The molecule has 4 nitrogen and oxygen atoms in total. The summed E-state index contributed by atoms with van der Waals surface area (Å²) in [6.07, 6.45) is 6.10. The normalized spacial score (nSPS) is 13.0. The van der Waals surface area contributed by atoms with Crippen molar-refractivity contribution in [2.24, 2.45) is 0 Å². The van der Waals surface area contributed by atoms with Crippen LogP contribution < -0.4 is 5.32 Å². The lowest BCUT2D eigenvalue weighted by molar-refractivity contribution is 0.453. The lowest BCUT2D eigenvalue weighted by atomic mass is 10.1. The van der Waals surface area contributed by atoms with Crippen LogP contribution in [0.15, 0.2) is 48.3 Å². The third-order valence-corrected chi connectivity index (χ3v) is 6.48. The molecule has 2 aromatic heterocycles. The van der Waals surface area contributed by atoms with E-state index in [0.29, 0.717) is 6.54 Å². The molecule has 0 bridgehead atoms. The van der Waals surface area contributed by atoms with Gasteiger partial charge < -0.3 is 10.2 Å². The second-order valence-corrected chi connectivity index (χ2v) is 8.75. The average molecular weight is 415 g/mol. The van der Waals surface area contributed by atoms with Gasteiger partial charge in [0.2, 0.25) is 0 Å². The molecule has 0 radical (unpaired) electrons. The molecule has 0 atom stereocenters. The summed E-state index contributed by atoms with van der Waals surface area (Å²) in [5, 5.41) is 6.03. The second-order valence-electron chi connectivity index (χ2n) is 6.29. The van der Waals surface area contributed by atoms with Crippen molar-refractivity contribution in [3.05, 3.63) is 64.1 Å². The summed E-state index contributed by atoms with van der Waals surface area (Å²) in [7, 11) is 2.08. The maximum Gasteiger partial charge on any atom is 0.191 e. The maximum absolute atomic E-state index is 5.97. The zero-order valence-corrected chi connectivity index (χ0v) is 17.3. The fourth-order valence-corrected chi connectivity index (χ4v) is 5.12. The molecular formula is C20H19ClN4S2. The van der Waals surface area contributed by atoms with Crippen molar-refractivity contribution < 1.29 is 0 Å². The van der Waals surface area contributed by atoms with Crippen LogP contribution in [-0.2, 0) is 12.3 Å². The van der Waals surface area contributed by atoms with Crippen LogP contribution in [0.25, 0.3) is 16.3 Å². The Morgan fingerprint density at radius 1 is 1.33 bits per heavy atom. The van der Waals surface area contributed by atoms with Gasteiger partial charge in [0.05, 0.1) is 11.9 Å². The largest absolute Gasteiger partial charge is 0.375 e. The molecule has 4 rings (SSSR count). The van der Waals surface area contributed by atoms with Crippen LogP contribution in [0, 0.1) is 0 Å². The van der Waals surface area contributed by atoms with Crippen LogP contribution in [0.4, 0.5) is 5.82 Å². The first-order chi connectivity index (χ1) is 13.1. The standard InChI is InChI=1S/C20H19ClN4S2/c1-3-9-22-18-17-15-8-10-25(2)11-16(15)27-19(17)24-20(23-18)26-12-13-4-6-14(21)7-5-13/h3-8,10H,1,9,11-12H2,2H3,(H,22,23,24). The number of hydrogen-bond donors (Lipinski definition) is 1. The minimum atomic E-state index is 0.668. The number of benzene rings is 1. The minimum Gasteiger partial charge on any atom is -0.375 e. The minimum absolute atomic E-state index is 0.668. The van der Waals surface area contributed by atoms with Crippen LogP contribution >= 0.6 is 34.7 Å². The van der Waals surface area contributed by atoms with Gasteiger partial charge in [0.1, 0.15) is 10.6 Å². The number of nitrogens with zero attached hydrogens (tertiary/aromatic N) is 3. The lowest BCUT2D eigenvalue weighted by Crippen LogP contribution is -2.12. The van der Waals surface area contributed by atoms with E-state index in [1.54, 1.807) is 23.1 Å². The summed E-state index contributed by atoms with van der Waals surface area (Å²) in [5.74, 6) is 1.68. The number of nitrogens with one attached hydrogen (secondary N) is 1. The summed E-state index contributed by atoms with van der Waals surface area (Å²) in [6, 6.07) is 7.90. The maximum atomic E-state index is 5.97. The van der Waals surface area contributed by atoms with E-state index in [1.807, 2.05) is 30.3 Å². The quantitative estimate of drug-likeness (QED) is 0.320. The Morgan fingerprint density at radius 3 is 2.93 bits per heavy atom. The molecule has 27 heavy (non-hydrogen) atoms. The molecule has 0 aliphatic carbocycles. The van der Waals surface area contributed by atoms with Gasteiger partial charge in [0, 0.05) is 34.8 Å². The first-order valence-corrected chi connectivity index (χ1v) is 10.8. The van der Waals surface area contributed by atoms with Crippen molar-refractivity contribution in [2.75, 3.05) is 18.9 Å². The Bertz CT molecular complexity index is 1010. The summed E-state index contributed by atoms with van der Waals surface area (Å²) in [4.78, 5) is 14.2. The van der Waals surface area contributed by atoms with Gasteiger partial charge >= 0.3 is 0 Å². The molecule has 138 valence electrons. The zero-order valence-electron chi connectivity index (χ0n) is 14.9. The van der Waals surface area contributed by atoms with E-state index in [1.165, 1.54) is 16.0 Å². The van der Waals surface area contributed by atoms with Gasteiger partial charge in [-0.2, -0.15) is 0 Å². The third-order valence-electron chi connectivity index (χ3n) is 4.23. The van der Waals surface area contributed by atoms with Crippen molar-refractivity contribution >= 4 is 56.8 Å². The van der Waals surface area contributed by atoms with Crippen LogP contribution in [0.1, 0.15) is 16.0 Å². The van der Waals surface area contributed by atoms with Crippen molar-refractivity contribution in [2.45, 2.75) is 17.5 Å². The Balaban J connectivity index is 1.68. The number of thiophene rings is 1. The Morgan fingerprint density at radius 2 is 2.15 bits per heavy atom. The molecule has 0 unspecified atom stereocenters. The monoisotopic (exact) mass is 414 g/mol. The smallest absolute Gasteiger partial charge is 0.191 e. The molecule has 0 saturated heterocycles. The fraction of sp³-hybridized carbons (Fsp3) is 0.200. The number of rotatable bonds is 6. The van der Waals surface area contributed by atoms with Crippen LogP contribution in [0.2, 0.25) is 5.02 Å². The van der Waals surface area contributed by atoms with Crippen molar-refractivity contribution in [1.82, 2.24) is 14.9 Å². The van der Waals surface area contributed by atoms with Gasteiger partial charge in [-0.3, -0.25) is 0 Å². The average Bonchev–Trinajstić information content (AvgIpc) is 3.03. The second kappa shape index (κ2) is 7.92. The molecule has 7 heteroatoms. The van der Waals surface area contributed by atoms with Gasteiger partial charge in [0.15, 0.2) is 5.16 Å². The fourth-order valence-electron chi connectivity index (χ4n) is 2.91. The van der Waals surface area contributed by atoms with Crippen molar-refractivity contribution in [3.63, 3.8) is 0 Å². The highest BCUT2D eigenvalue weighted by Gasteiger charge is 2.20. The van der Waals surface area contributed by atoms with E-state index >= 15 is 0 Å². The molecule has 0 spiro atoms. The first kappa shape index (κ1) is 18.3. The van der Waals surface area contributed by atoms with Gasteiger partial charge in [-0.1, -0.05) is 41.6 Å². The number of thioether (sulfide) groups is 1. The molecule has 0 fully saturated rings. The van der Waals surface area contributed by atoms with Crippen LogP contribution in [0.3, 0.4) is 0 Å². The number of fused-ring (bicyclic) bond motifs is 3. The number of hydrogen-bond acceptors (Lipinski definition) is 6. The van der Waals surface area contributed by atoms with Gasteiger partial charge in [-0.25, -0.2) is 9.97 Å². The molecule has 3 heterocycles. The summed E-state index contributed by atoms with van der Waals surface area (Å²) < 4.78 is 0. The van der Waals surface area contributed by atoms with Crippen LogP contribution in [0.5, 0.6) is 0 Å². The van der Waals surface area contributed by atoms with E-state index < -0.39 is 0 Å². The predicted molar refractivity (Wildman–Crippen MR) is 118 cm³/mol. The van der Waals surface area contributed by atoms with E-state index in [4.69, 9.17) is 21.6 Å². The van der Waals surface area contributed by atoms with E-state index in [-0.39, 0.29) is 0 Å². The van der Waals surface area contributed by atoms with E-state index in [0.717, 1.165) is 38.5 Å².